The number of amides is 2. The molecule has 0 N–H and O–H groups in total. The molecule has 1 fully saturated rings. The lowest BCUT2D eigenvalue weighted by molar-refractivity contribution is -0.145. The number of terminal acetylenes is 1. The number of ether oxygens (including phenoxy) is 1. The molecule has 1 aromatic rings. The lowest BCUT2D eigenvalue weighted by Gasteiger charge is -2.32. The first kappa shape index (κ1) is 14.2. The molecule has 1 heterocycles. The molecule has 1 aliphatic heterocycles. The molecular formula is C14H13ClN2O3. The first-order chi connectivity index (χ1) is 9.58. The Hall–Kier alpha value is -2.19. The SMILES string of the molecule is C#CCN1CCN(c2ccc(OC)c(Cl)c2)C(=O)C1=O. The van der Waals surface area contributed by atoms with Gasteiger partial charge in [0.15, 0.2) is 0 Å². The van der Waals surface area contributed by atoms with Gasteiger partial charge in [-0.3, -0.25) is 9.59 Å². The van der Waals surface area contributed by atoms with Gasteiger partial charge in [0, 0.05) is 18.8 Å². The van der Waals surface area contributed by atoms with Gasteiger partial charge < -0.3 is 14.5 Å². The quantitative estimate of drug-likeness (QED) is 0.620. The van der Waals surface area contributed by atoms with Crippen molar-refractivity contribution < 1.29 is 14.3 Å². The van der Waals surface area contributed by atoms with Crippen LogP contribution in [0.15, 0.2) is 18.2 Å². The highest BCUT2D eigenvalue weighted by atomic mass is 35.5. The van der Waals surface area contributed by atoms with Crippen LogP contribution in [-0.2, 0) is 9.59 Å². The Morgan fingerprint density at radius 2 is 2.10 bits per heavy atom. The first-order valence-corrected chi connectivity index (χ1v) is 6.34. The summed E-state index contributed by atoms with van der Waals surface area (Å²) in [6.07, 6.45) is 5.16. The highest BCUT2D eigenvalue weighted by Gasteiger charge is 2.33. The van der Waals surface area contributed by atoms with Crippen LogP contribution >= 0.6 is 11.6 Å². The number of carbonyl (C=O) groups is 2. The summed E-state index contributed by atoms with van der Waals surface area (Å²) in [5.74, 6) is 1.68. The number of halogens is 1. The molecule has 1 saturated heterocycles. The molecule has 0 atom stereocenters. The summed E-state index contributed by atoms with van der Waals surface area (Å²) in [6, 6.07) is 4.94. The predicted octanol–water partition coefficient (Wildman–Crippen LogP) is 1.16. The highest BCUT2D eigenvalue weighted by Crippen LogP contribution is 2.29. The van der Waals surface area contributed by atoms with Gasteiger partial charge in [-0.1, -0.05) is 17.5 Å². The molecule has 0 aliphatic carbocycles. The van der Waals surface area contributed by atoms with Gasteiger partial charge in [0.25, 0.3) is 0 Å². The van der Waals surface area contributed by atoms with Gasteiger partial charge in [-0.2, -0.15) is 0 Å². The van der Waals surface area contributed by atoms with E-state index in [2.05, 4.69) is 5.92 Å². The van der Waals surface area contributed by atoms with Crippen LogP contribution in [0, 0.1) is 12.3 Å². The minimum Gasteiger partial charge on any atom is -0.495 e. The second kappa shape index (κ2) is 5.85. The molecule has 0 unspecified atom stereocenters. The fraction of sp³-hybridized carbons (Fsp3) is 0.286. The number of piperazine rings is 1. The fourth-order valence-electron chi connectivity index (χ4n) is 2.01. The zero-order valence-electron chi connectivity index (χ0n) is 10.9. The molecule has 1 aromatic carbocycles. The van der Waals surface area contributed by atoms with Gasteiger partial charge in [0.1, 0.15) is 5.75 Å². The van der Waals surface area contributed by atoms with E-state index < -0.39 is 11.8 Å². The fourth-order valence-corrected chi connectivity index (χ4v) is 2.26. The third-order valence-corrected chi connectivity index (χ3v) is 3.33. The molecule has 0 bridgehead atoms. The van der Waals surface area contributed by atoms with Crippen LogP contribution in [-0.4, -0.2) is 43.5 Å². The number of carbonyl (C=O) groups excluding carboxylic acids is 2. The first-order valence-electron chi connectivity index (χ1n) is 5.96. The van der Waals surface area contributed by atoms with E-state index in [1.54, 1.807) is 18.2 Å². The van der Waals surface area contributed by atoms with Gasteiger partial charge in [-0.05, 0) is 18.2 Å². The Balaban J connectivity index is 2.23. The average Bonchev–Trinajstić information content (AvgIpc) is 2.44. The Bertz CT molecular complexity index is 595. The summed E-state index contributed by atoms with van der Waals surface area (Å²) in [5, 5.41) is 0.385. The maximum atomic E-state index is 12.1. The Morgan fingerprint density at radius 3 is 2.70 bits per heavy atom. The van der Waals surface area contributed by atoms with E-state index in [0.29, 0.717) is 29.5 Å². The lowest BCUT2D eigenvalue weighted by atomic mass is 10.2. The van der Waals surface area contributed by atoms with E-state index in [9.17, 15) is 9.59 Å². The number of rotatable bonds is 3. The summed E-state index contributed by atoms with van der Waals surface area (Å²) in [7, 11) is 1.51. The Morgan fingerprint density at radius 1 is 1.35 bits per heavy atom. The molecule has 0 radical (unpaired) electrons. The minimum atomic E-state index is -0.604. The van der Waals surface area contributed by atoms with Crippen LogP contribution in [0.1, 0.15) is 0 Å². The van der Waals surface area contributed by atoms with Crippen molar-refractivity contribution in [3.63, 3.8) is 0 Å². The molecule has 0 spiro atoms. The normalized spacial score (nSPS) is 15.2. The van der Waals surface area contributed by atoms with Crippen molar-refractivity contribution in [3.05, 3.63) is 23.2 Å². The standard InChI is InChI=1S/C14H13ClN2O3/c1-3-6-16-7-8-17(14(19)13(16)18)10-4-5-12(20-2)11(15)9-10/h1,4-5,9H,6-8H2,2H3. The topological polar surface area (TPSA) is 49.9 Å². The highest BCUT2D eigenvalue weighted by molar-refractivity contribution is 6.41. The van der Waals surface area contributed by atoms with Crippen molar-refractivity contribution >= 4 is 29.1 Å². The summed E-state index contributed by atoms with van der Waals surface area (Å²) < 4.78 is 5.05. The van der Waals surface area contributed by atoms with Crippen LogP contribution in [0.3, 0.4) is 0 Å². The maximum absolute atomic E-state index is 12.1. The zero-order chi connectivity index (χ0) is 14.7. The molecule has 0 aromatic heterocycles. The van der Waals surface area contributed by atoms with E-state index in [4.69, 9.17) is 22.8 Å². The molecule has 20 heavy (non-hydrogen) atoms. The van der Waals surface area contributed by atoms with Gasteiger partial charge in [0.2, 0.25) is 0 Å². The van der Waals surface area contributed by atoms with E-state index in [1.165, 1.54) is 16.9 Å². The third kappa shape index (κ3) is 2.56. The van der Waals surface area contributed by atoms with Crippen molar-refractivity contribution in [2.45, 2.75) is 0 Å². The van der Waals surface area contributed by atoms with Crippen molar-refractivity contribution in [3.8, 4) is 18.1 Å². The molecular weight excluding hydrogens is 280 g/mol. The third-order valence-electron chi connectivity index (χ3n) is 3.04. The molecule has 6 heteroatoms. The summed E-state index contributed by atoms with van der Waals surface area (Å²) in [4.78, 5) is 26.7. The monoisotopic (exact) mass is 292 g/mol. The van der Waals surface area contributed by atoms with Crippen LogP contribution in [0.25, 0.3) is 0 Å². The molecule has 0 saturated carbocycles. The maximum Gasteiger partial charge on any atom is 0.316 e. The number of nitrogens with zero attached hydrogens (tertiary/aromatic N) is 2. The van der Waals surface area contributed by atoms with Crippen molar-refractivity contribution in [1.82, 2.24) is 4.90 Å². The summed E-state index contributed by atoms with van der Waals surface area (Å²) in [6.45, 7) is 0.926. The van der Waals surface area contributed by atoms with Gasteiger partial charge in [-0.25, -0.2) is 0 Å². The van der Waals surface area contributed by atoms with E-state index in [0.717, 1.165) is 0 Å². The number of hydrogen-bond donors (Lipinski definition) is 0. The van der Waals surface area contributed by atoms with Crippen LogP contribution in [0.5, 0.6) is 5.75 Å². The number of methoxy groups -OCH3 is 1. The second-order valence-electron chi connectivity index (χ2n) is 4.21. The Labute approximate surface area is 122 Å². The molecule has 2 amide bonds. The number of hydrogen-bond acceptors (Lipinski definition) is 3. The average molecular weight is 293 g/mol. The summed E-state index contributed by atoms with van der Waals surface area (Å²) >= 11 is 6.03. The minimum absolute atomic E-state index is 0.141. The van der Waals surface area contributed by atoms with Gasteiger partial charge in [0.05, 0.1) is 18.7 Å². The van der Waals surface area contributed by atoms with E-state index in [1.807, 2.05) is 0 Å². The van der Waals surface area contributed by atoms with Crippen molar-refractivity contribution in [2.75, 3.05) is 31.6 Å². The molecule has 5 nitrogen and oxygen atoms in total. The van der Waals surface area contributed by atoms with Gasteiger partial charge >= 0.3 is 11.8 Å². The van der Waals surface area contributed by atoms with E-state index in [-0.39, 0.29) is 6.54 Å². The Kier molecular flexibility index (Phi) is 4.16. The summed E-state index contributed by atoms with van der Waals surface area (Å²) in [5.41, 5.74) is 0.564. The smallest absolute Gasteiger partial charge is 0.316 e. The zero-order valence-corrected chi connectivity index (χ0v) is 11.7. The largest absolute Gasteiger partial charge is 0.495 e. The van der Waals surface area contributed by atoms with E-state index >= 15 is 0 Å². The van der Waals surface area contributed by atoms with Crippen LogP contribution < -0.4 is 9.64 Å². The van der Waals surface area contributed by atoms with Crippen molar-refractivity contribution in [2.24, 2.45) is 0 Å². The van der Waals surface area contributed by atoms with Crippen LogP contribution in [0.2, 0.25) is 5.02 Å². The molecule has 2 rings (SSSR count). The second-order valence-corrected chi connectivity index (χ2v) is 4.61. The number of anilines is 1. The van der Waals surface area contributed by atoms with Gasteiger partial charge in [-0.15, -0.1) is 6.42 Å². The van der Waals surface area contributed by atoms with Crippen molar-refractivity contribution in [1.29, 1.82) is 0 Å². The molecule has 104 valence electrons. The molecule has 1 aliphatic rings. The van der Waals surface area contributed by atoms with Crippen LogP contribution in [0.4, 0.5) is 5.69 Å². The lowest BCUT2D eigenvalue weighted by Crippen LogP contribution is -2.54. The number of benzene rings is 1. The predicted molar refractivity (Wildman–Crippen MR) is 75.8 cm³/mol.